The lowest BCUT2D eigenvalue weighted by Crippen LogP contribution is -2.47. The monoisotopic (exact) mass is 417 g/mol. The second kappa shape index (κ2) is 11.3. The summed E-state index contributed by atoms with van der Waals surface area (Å²) in [6, 6.07) is 7.40. The van der Waals surface area contributed by atoms with E-state index in [4.69, 9.17) is 19.9 Å². The van der Waals surface area contributed by atoms with Gasteiger partial charge in [-0.2, -0.15) is 5.26 Å². The average molecular weight is 417 g/mol. The Bertz CT molecular complexity index is 781. The maximum absolute atomic E-state index is 12.8. The van der Waals surface area contributed by atoms with Gasteiger partial charge in [0.15, 0.2) is 12.4 Å². The highest BCUT2D eigenvalue weighted by Gasteiger charge is 2.30. The minimum Gasteiger partial charge on any atom is -0.482 e. The van der Waals surface area contributed by atoms with Crippen LogP contribution in [0, 0.1) is 11.3 Å². The zero-order valence-electron chi connectivity index (χ0n) is 17.2. The van der Waals surface area contributed by atoms with Crippen molar-refractivity contribution in [3.05, 3.63) is 29.8 Å². The lowest BCUT2D eigenvalue weighted by atomic mass is 10.0. The first kappa shape index (κ1) is 23.3. The molecular formula is C21H27N3O6. The van der Waals surface area contributed by atoms with Gasteiger partial charge < -0.3 is 14.7 Å². The Balaban J connectivity index is 1.95. The van der Waals surface area contributed by atoms with E-state index in [0.29, 0.717) is 30.6 Å². The Morgan fingerprint density at radius 1 is 1.27 bits per heavy atom. The smallest absolute Gasteiger partial charge is 0.341 e. The quantitative estimate of drug-likeness (QED) is 0.453. The van der Waals surface area contributed by atoms with Gasteiger partial charge in [0.25, 0.3) is 0 Å². The molecule has 9 nitrogen and oxygen atoms in total. The molecule has 0 aromatic heterocycles. The number of rotatable bonds is 10. The van der Waals surface area contributed by atoms with Gasteiger partial charge in [0, 0.05) is 38.5 Å². The summed E-state index contributed by atoms with van der Waals surface area (Å²) < 4.78 is 5.06. The SMILES string of the molecule is CC(=O)N(OC1CCN(CCC#N)CC1)[C@@H](C)C(=O)c1ccc(OCC(=O)O)cc1. The molecule has 0 saturated carbocycles. The number of carbonyl (C=O) groups is 3. The fourth-order valence-corrected chi connectivity index (χ4v) is 3.25. The lowest BCUT2D eigenvalue weighted by molar-refractivity contribution is -0.218. The Morgan fingerprint density at radius 3 is 2.43 bits per heavy atom. The lowest BCUT2D eigenvalue weighted by Gasteiger charge is -2.35. The normalized spacial score (nSPS) is 15.8. The minimum absolute atomic E-state index is 0.172. The van der Waals surface area contributed by atoms with Crippen molar-refractivity contribution in [2.24, 2.45) is 0 Å². The van der Waals surface area contributed by atoms with Crippen LogP contribution in [0.4, 0.5) is 0 Å². The fraction of sp³-hybridized carbons (Fsp3) is 0.524. The number of hydroxylamine groups is 2. The molecular weight excluding hydrogens is 390 g/mol. The molecule has 1 amide bonds. The van der Waals surface area contributed by atoms with Crippen molar-refractivity contribution in [1.82, 2.24) is 9.96 Å². The summed E-state index contributed by atoms with van der Waals surface area (Å²) in [6.45, 7) is 4.78. The molecule has 0 bridgehead atoms. The third-order valence-electron chi connectivity index (χ3n) is 4.88. The Hall–Kier alpha value is -2.96. The van der Waals surface area contributed by atoms with Crippen molar-refractivity contribution in [3.63, 3.8) is 0 Å². The maximum atomic E-state index is 12.8. The van der Waals surface area contributed by atoms with Crippen LogP contribution in [0.5, 0.6) is 5.75 Å². The zero-order chi connectivity index (χ0) is 22.1. The molecule has 1 aromatic carbocycles. The van der Waals surface area contributed by atoms with Crippen molar-refractivity contribution in [2.75, 3.05) is 26.2 Å². The van der Waals surface area contributed by atoms with Crippen LogP contribution in [0.2, 0.25) is 0 Å². The van der Waals surface area contributed by atoms with Crippen molar-refractivity contribution in [2.45, 2.75) is 45.3 Å². The van der Waals surface area contributed by atoms with Gasteiger partial charge in [0.05, 0.1) is 12.2 Å². The second-order valence-corrected chi connectivity index (χ2v) is 7.15. The van der Waals surface area contributed by atoms with Gasteiger partial charge in [-0.3, -0.25) is 14.4 Å². The van der Waals surface area contributed by atoms with Crippen molar-refractivity contribution < 1.29 is 29.1 Å². The van der Waals surface area contributed by atoms with E-state index in [1.807, 2.05) is 0 Å². The van der Waals surface area contributed by atoms with E-state index < -0.39 is 18.6 Å². The van der Waals surface area contributed by atoms with E-state index in [0.717, 1.165) is 24.7 Å². The number of carboxylic acids is 1. The van der Waals surface area contributed by atoms with Crippen LogP contribution < -0.4 is 4.74 Å². The maximum Gasteiger partial charge on any atom is 0.341 e. The van der Waals surface area contributed by atoms with Crippen LogP contribution in [0.25, 0.3) is 0 Å². The number of ether oxygens (including phenoxy) is 1. The second-order valence-electron chi connectivity index (χ2n) is 7.15. The first-order valence-electron chi connectivity index (χ1n) is 9.86. The number of ketones is 1. The highest BCUT2D eigenvalue weighted by Crippen LogP contribution is 2.20. The Kier molecular flexibility index (Phi) is 8.77. The number of hydrogen-bond donors (Lipinski definition) is 1. The standard InChI is InChI=1S/C21H27N3O6/c1-15(21(28)17-4-6-18(7-5-17)29-14-20(26)27)24(16(2)25)30-19-8-12-23(13-9-19)11-3-10-22/h4-7,15,19H,3,8-9,11-14H2,1-2H3,(H,26,27)/t15-/m0/s1. The molecule has 1 aliphatic heterocycles. The Morgan fingerprint density at radius 2 is 1.90 bits per heavy atom. The molecule has 0 radical (unpaired) electrons. The molecule has 1 heterocycles. The van der Waals surface area contributed by atoms with Crippen LogP contribution in [0.15, 0.2) is 24.3 Å². The third-order valence-corrected chi connectivity index (χ3v) is 4.88. The predicted octanol–water partition coefficient (Wildman–Crippen LogP) is 1.88. The van der Waals surface area contributed by atoms with Gasteiger partial charge in [-0.25, -0.2) is 9.86 Å². The third kappa shape index (κ3) is 6.83. The number of aliphatic carboxylic acids is 1. The highest BCUT2D eigenvalue weighted by molar-refractivity contribution is 6.01. The van der Waals surface area contributed by atoms with E-state index in [-0.39, 0.29) is 17.8 Å². The van der Waals surface area contributed by atoms with Gasteiger partial charge in [0.2, 0.25) is 5.91 Å². The van der Waals surface area contributed by atoms with E-state index in [2.05, 4.69) is 11.0 Å². The van der Waals surface area contributed by atoms with Gasteiger partial charge in [-0.1, -0.05) is 0 Å². The fourth-order valence-electron chi connectivity index (χ4n) is 3.25. The first-order chi connectivity index (χ1) is 14.3. The number of likely N-dealkylation sites (tertiary alicyclic amines) is 1. The summed E-state index contributed by atoms with van der Waals surface area (Å²) in [4.78, 5) is 43.6. The molecule has 162 valence electrons. The summed E-state index contributed by atoms with van der Waals surface area (Å²) in [7, 11) is 0. The molecule has 1 aliphatic rings. The number of nitrogens with zero attached hydrogens (tertiary/aromatic N) is 3. The van der Waals surface area contributed by atoms with Crippen LogP contribution >= 0.6 is 0 Å². The molecule has 30 heavy (non-hydrogen) atoms. The van der Waals surface area contributed by atoms with Crippen LogP contribution in [0.3, 0.4) is 0 Å². The van der Waals surface area contributed by atoms with E-state index in [9.17, 15) is 14.4 Å². The number of carbonyl (C=O) groups excluding carboxylic acids is 2. The minimum atomic E-state index is -1.09. The van der Waals surface area contributed by atoms with E-state index >= 15 is 0 Å². The van der Waals surface area contributed by atoms with Crippen molar-refractivity contribution in [1.29, 1.82) is 5.26 Å². The molecule has 0 unspecified atom stereocenters. The highest BCUT2D eigenvalue weighted by atomic mass is 16.7. The molecule has 1 saturated heterocycles. The summed E-state index contributed by atoms with van der Waals surface area (Å²) in [5.41, 5.74) is 0.367. The topological polar surface area (TPSA) is 120 Å². The number of piperidine rings is 1. The van der Waals surface area contributed by atoms with E-state index in [1.54, 1.807) is 6.92 Å². The molecule has 1 N–H and O–H groups in total. The predicted molar refractivity (Wildman–Crippen MR) is 107 cm³/mol. The molecule has 1 aromatic rings. The molecule has 1 fully saturated rings. The van der Waals surface area contributed by atoms with E-state index in [1.165, 1.54) is 31.2 Å². The number of hydrogen-bond acceptors (Lipinski definition) is 7. The summed E-state index contributed by atoms with van der Waals surface area (Å²) >= 11 is 0. The first-order valence-corrected chi connectivity index (χ1v) is 9.86. The number of carboxylic acid groups (broad SMARTS) is 1. The molecule has 2 rings (SSSR count). The number of benzene rings is 1. The van der Waals surface area contributed by atoms with Crippen molar-refractivity contribution in [3.8, 4) is 11.8 Å². The van der Waals surface area contributed by atoms with Crippen LogP contribution in [0.1, 0.15) is 43.5 Å². The summed E-state index contributed by atoms with van der Waals surface area (Å²) in [6.07, 6.45) is 1.74. The molecule has 9 heteroatoms. The number of Topliss-reactive ketones (excluding diaryl/α,β-unsaturated/α-hetero) is 1. The van der Waals surface area contributed by atoms with Crippen LogP contribution in [-0.2, 0) is 14.4 Å². The van der Waals surface area contributed by atoms with Gasteiger partial charge >= 0.3 is 5.97 Å². The molecule has 0 aliphatic carbocycles. The van der Waals surface area contributed by atoms with Crippen LogP contribution in [-0.4, -0.2) is 71.1 Å². The molecule has 0 spiro atoms. The number of nitriles is 1. The van der Waals surface area contributed by atoms with Gasteiger partial charge in [-0.15, -0.1) is 0 Å². The zero-order valence-corrected chi connectivity index (χ0v) is 17.2. The van der Waals surface area contributed by atoms with Crippen molar-refractivity contribution >= 4 is 17.7 Å². The largest absolute Gasteiger partial charge is 0.482 e. The van der Waals surface area contributed by atoms with Gasteiger partial charge in [-0.05, 0) is 44.0 Å². The van der Waals surface area contributed by atoms with Gasteiger partial charge in [0.1, 0.15) is 11.8 Å². The number of amides is 1. The molecule has 1 atom stereocenters. The summed E-state index contributed by atoms with van der Waals surface area (Å²) in [5, 5.41) is 18.5. The average Bonchev–Trinajstić information content (AvgIpc) is 2.74. The summed E-state index contributed by atoms with van der Waals surface area (Å²) in [5.74, 6) is -1.40. The Labute approximate surface area is 175 Å².